The molecular weight excluding hydrogens is 342 g/mol. The van der Waals surface area contributed by atoms with Gasteiger partial charge in [0.25, 0.3) is 0 Å². The SMILES string of the molecule is C[C@@H]1CCC[C@@H](C)N1CC(=O)Nc1nc(-c2ccc(Cl)cc2)cs1. The lowest BCUT2D eigenvalue weighted by atomic mass is 9.97. The Morgan fingerprint density at radius 3 is 2.62 bits per heavy atom. The summed E-state index contributed by atoms with van der Waals surface area (Å²) < 4.78 is 0. The zero-order valence-electron chi connectivity index (χ0n) is 14.0. The van der Waals surface area contributed by atoms with Crippen LogP contribution in [0.4, 0.5) is 5.13 Å². The first-order valence-corrected chi connectivity index (χ1v) is 9.56. The predicted molar refractivity (Wildman–Crippen MR) is 101 cm³/mol. The molecule has 0 spiro atoms. The first-order valence-electron chi connectivity index (χ1n) is 8.30. The summed E-state index contributed by atoms with van der Waals surface area (Å²) in [6.07, 6.45) is 3.57. The van der Waals surface area contributed by atoms with Crippen molar-refractivity contribution in [3.63, 3.8) is 0 Å². The van der Waals surface area contributed by atoms with Crippen LogP contribution in [0.15, 0.2) is 29.6 Å². The van der Waals surface area contributed by atoms with E-state index in [0.717, 1.165) is 24.1 Å². The van der Waals surface area contributed by atoms with Gasteiger partial charge in [-0.2, -0.15) is 0 Å². The Labute approximate surface area is 151 Å². The van der Waals surface area contributed by atoms with E-state index in [1.54, 1.807) is 0 Å². The number of likely N-dealkylation sites (tertiary alicyclic amines) is 1. The molecule has 0 saturated carbocycles. The summed E-state index contributed by atoms with van der Waals surface area (Å²) in [5.41, 5.74) is 1.85. The second-order valence-corrected chi connectivity index (χ2v) is 7.69. The monoisotopic (exact) mass is 363 g/mol. The molecule has 1 fully saturated rings. The number of halogens is 1. The average molecular weight is 364 g/mol. The highest BCUT2D eigenvalue weighted by atomic mass is 35.5. The van der Waals surface area contributed by atoms with E-state index in [1.807, 2.05) is 29.6 Å². The summed E-state index contributed by atoms with van der Waals surface area (Å²) in [7, 11) is 0. The van der Waals surface area contributed by atoms with Crippen LogP contribution in [-0.2, 0) is 4.79 Å². The van der Waals surface area contributed by atoms with Crippen LogP contribution in [0.2, 0.25) is 5.02 Å². The third-order valence-electron chi connectivity index (χ3n) is 4.59. The zero-order chi connectivity index (χ0) is 17.1. The van der Waals surface area contributed by atoms with Crippen molar-refractivity contribution < 1.29 is 4.79 Å². The molecule has 4 nitrogen and oxygen atoms in total. The maximum atomic E-state index is 12.4. The molecule has 0 bridgehead atoms. The topological polar surface area (TPSA) is 45.2 Å². The molecule has 1 aliphatic heterocycles. The Kier molecular flexibility index (Phi) is 5.54. The second kappa shape index (κ2) is 7.64. The van der Waals surface area contributed by atoms with Gasteiger partial charge in [-0.3, -0.25) is 9.69 Å². The van der Waals surface area contributed by atoms with Crippen LogP contribution in [0.3, 0.4) is 0 Å². The van der Waals surface area contributed by atoms with Gasteiger partial charge < -0.3 is 5.32 Å². The van der Waals surface area contributed by atoms with E-state index in [1.165, 1.54) is 17.8 Å². The molecule has 1 saturated heterocycles. The minimum atomic E-state index is 0.00704. The number of anilines is 1. The molecule has 3 rings (SSSR count). The van der Waals surface area contributed by atoms with Gasteiger partial charge in [-0.05, 0) is 38.8 Å². The Hall–Kier alpha value is -1.43. The molecule has 1 aromatic carbocycles. The smallest absolute Gasteiger partial charge is 0.240 e. The third-order valence-corrected chi connectivity index (χ3v) is 5.60. The van der Waals surface area contributed by atoms with Crippen LogP contribution in [0.25, 0.3) is 11.3 Å². The summed E-state index contributed by atoms with van der Waals surface area (Å²) in [4.78, 5) is 19.1. The van der Waals surface area contributed by atoms with Crippen LogP contribution in [0.5, 0.6) is 0 Å². The Morgan fingerprint density at radius 2 is 1.96 bits per heavy atom. The van der Waals surface area contributed by atoms with Gasteiger partial charge in [0.15, 0.2) is 5.13 Å². The number of carbonyl (C=O) groups is 1. The van der Waals surface area contributed by atoms with E-state index in [-0.39, 0.29) is 5.91 Å². The van der Waals surface area contributed by atoms with Crippen molar-refractivity contribution in [3.8, 4) is 11.3 Å². The quantitative estimate of drug-likeness (QED) is 0.858. The van der Waals surface area contributed by atoms with E-state index in [4.69, 9.17) is 11.6 Å². The minimum absolute atomic E-state index is 0.00704. The molecule has 0 radical (unpaired) electrons. The number of piperidine rings is 1. The maximum absolute atomic E-state index is 12.4. The summed E-state index contributed by atoms with van der Waals surface area (Å²) in [6, 6.07) is 8.46. The van der Waals surface area contributed by atoms with Gasteiger partial charge in [0.1, 0.15) is 0 Å². The van der Waals surface area contributed by atoms with E-state index >= 15 is 0 Å². The largest absolute Gasteiger partial charge is 0.301 e. The lowest BCUT2D eigenvalue weighted by Gasteiger charge is -2.38. The van der Waals surface area contributed by atoms with Gasteiger partial charge in [-0.15, -0.1) is 11.3 Å². The zero-order valence-corrected chi connectivity index (χ0v) is 15.5. The molecule has 2 atom stereocenters. The first-order chi connectivity index (χ1) is 11.5. The first kappa shape index (κ1) is 17.4. The normalized spacial score (nSPS) is 21.6. The average Bonchev–Trinajstić information content (AvgIpc) is 3.00. The molecule has 128 valence electrons. The molecule has 1 aromatic heterocycles. The second-order valence-electron chi connectivity index (χ2n) is 6.39. The van der Waals surface area contributed by atoms with Crippen LogP contribution < -0.4 is 5.32 Å². The molecule has 1 N–H and O–H groups in total. The van der Waals surface area contributed by atoms with Crippen molar-refractivity contribution in [3.05, 3.63) is 34.7 Å². The predicted octanol–water partition coefficient (Wildman–Crippen LogP) is 4.66. The molecule has 1 aliphatic rings. The maximum Gasteiger partial charge on any atom is 0.240 e. The number of benzene rings is 1. The van der Waals surface area contributed by atoms with Crippen molar-refractivity contribution in [1.29, 1.82) is 0 Å². The Bertz CT molecular complexity index is 691. The number of hydrogen-bond acceptors (Lipinski definition) is 4. The van der Waals surface area contributed by atoms with E-state index in [0.29, 0.717) is 28.8 Å². The highest BCUT2D eigenvalue weighted by molar-refractivity contribution is 7.14. The molecule has 24 heavy (non-hydrogen) atoms. The molecule has 0 aliphatic carbocycles. The third kappa shape index (κ3) is 4.15. The van der Waals surface area contributed by atoms with Crippen LogP contribution in [0.1, 0.15) is 33.1 Å². The fourth-order valence-corrected chi connectivity index (χ4v) is 4.06. The lowest BCUT2D eigenvalue weighted by molar-refractivity contribution is -0.118. The minimum Gasteiger partial charge on any atom is -0.301 e. The molecule has 0 unspecified atom stereocenters. The number of hydrogen-bond donors (Lipinski definition) is 1. The van der Waals surface area contributed by atoms with Crippen LogP contribution >= 0.6 is 22.9 Å². The Balaban J connectivity index is 1.62. The number of rotatable bonds is 4. The van der Waals surface area contributed by atoms with Gasteiger partial charge in [-0.25, -0.2) is 4.98 Å². The van der Waals surface area contributed by atoms with Gasteiger partial charge in [0, 0.05) is 28.0 Å². The van der Waals surface area contributed by atoms with Crippen LogP contribution in [0, 0.1) is 0 Å². The van der Waals surface area contributed by atoms with E-state index in [9.17, 15) is 4.79 Å². The highest BCUT2D eigenvalue weighted by Crippen LogP contribution is 2.26. The number of nitrogens with one attached hydrogen (secondary N) is 1. The number of amides is 1. The summed E-state index contributed by atoms with van der Waals surface area (Å²) in [5, 5.41) is 6.22. The van der Waals surface area contributed by atoms with Crippen molar-refractivity contribution in [2.75, 3.05) is 11.9 Å². The van der Waals surface area contributed by atoms with Gasteiger partial charge >= 0.3 is 0 Å². The van der Waals surface area contributed by atoms with Crippen molar-refractivity contribution >= 4 is 34.0 Å². The molecule has 1 amide bonds. The fraction of sp³-hybridized carbons (Fsp3) is 0.444. The van der Waals surface area contributed by atoms with Crippen molar-refractivity contribution in [1.82, 2.24) is 9.88 Å². The standard InChI is InChI=1S/C18H22ClN3OS/c1-12-4-3-5-13(2)22(12)10-17(23)21-18-20-16(11-24-18)14-6-8-15(19)9-7-14/h6-9,11-13H,3-5,10H2,1-2H3,(H,20,21,23)/t12-,13-/m1/s1. The number of carbonyl (C=O) groups excluding carboxylic acids is 1. The number of thiazole rings is 1. The summed E-state index contributed by atoms with van der Waals surface area (Å²) in [5.74, 6) is 0.00704. The number of aromatic nitrogens is 1. The van der Waals surface area contributed by atoms with Crippen molar-refractivity contribution in [2.24, 2.45) is 0 Å². The van der Waals surface area contributed by atoms with Crippen molar-refractivity contribution in [2.45, 2.75) is 45.2 Å². The van der Waals surface area contributed by atoms with Gasteiger partial charge in [0.05, 0.1) is 12.2 Å². The fourth-order valence-electron chi connectivity index (χ4n) is 3.20. The number of nitrogens with zero attached hydrogens (tertiary/aromatic N) is 2. The Morgan fingerprint density at radius 1 is 1.29 bits per heavy atom. The summed E-state index contributed by atoms with van der Waals surface area (Å²) >= 11 is 7.36. The van der Waals surface area contributed by atoms with Gasteiger partial charge in [-0.1, -0.05) is 30.2 Å². The van der Waals surface area contributed by atoms with E-state index < -0.39 is 0 Å². The summed E-state index contributed by atoms with van der Waals surface area (Å²) in [6.45, 7) is 4.83. The lowest BCUT2D eigenvalue weighted by Crippen LogP contribution is -2.47. The van der Waals surface area contributed by atoms with Gasteiger partial charge in [0.2, 0.25) is 5.91 Å². The van der Waals surface area contributed by atoms with Crippen LogP contribution in [-0.4, -0.2) is 34.4 Å². The molecule has 2 aromatic rings. The highest BCUT2D eigenvalue weighted by Gasteiger charge is 2.26. The van der Waals surface area contributed by atoms with E-state index in [2.05, 4.69) is 29.0 Å². The molecular formula is C18H22ClN3OS. The molecule has 2 heterocycles. The molecule has 6 heteroatoms.